The Morgan fingerprint density at radius 1 is 0.933 bits per heavy atom. The van der Waals surface area contributed by atoms with Gasteiger partial charge < -0.3 is 9.80 Å². The van der Waals surface area contributed by atoms with Crippen molar-refractivity contribution < 1.29 is 22.4 Å². The van der Waals surface area contributed by atoms with Gasteiger partial charge in [0.15, 0.2) is 5.17 Å². The molecule has 0 atom stereocenters. The van der Waals surface area contributed by atoms with Crippen molar-refractivity contribution in [2.75, 3.05) is 31.1 Å². The number of halogens is 4. The third-order valence-electron chi connectivity index (χ3n) is 4.89. The summed E-state index contributed by atoms with van der Waals surface area (Å²) in [6.07, 6.45) is -2.86. The van der Waals surface area contributed by atoms with Crippen molar-refractivity contribution in [2.24, 2.45) is 4.99 Å². The van der Waals surface area contributed by atoms with Gasteiger partial charge in [-0.25, -0.2) is 4.39 Å². The zero-order chi connectivity index (χ0) is 21.3. The Hall–Kier alpha value is -2.81. The second kappa shape index (κ2) is 8.14. The van der Waals surface area contributed by atoms with Crippen LogP contribution in [0, 0.1) is 5.82 Å². The van der Waals surface area contributed by atoms with E-state index in [1.807, 2.05) is 9.80 Å². The number of para-hydroxylation sites is 1. The van der Waals surface area contributed by atoms with Gasteiger partial charge in [-0.2, -0.15) is 18.2 Å². The number of hydrogen-bond acceptors (Lipinski definition) is 4. The molecule has 2 aliphatic heterocycles. The van der Waals surface area contributed by atoms with Gasteiger partial charge in [0.25, 0.3) is 5.91 Å². The van der Waals surface area contributed by atoms with Crippen LogP contribution in [-0.2, 0) is 11.0 Å². The third-order valence-corrected chi connectivity index (χ3v) is 5.93. The fourth-order valence-electron chi connectivity index (χ4n) is 3.30. The van der Waals surface area contributed by atoms with Crippen LogP contribution in [0.15, 0.2) is 58.4 Å². The van der Waals surface area contributed by atoms with Crippen LogP contribution in [0.5, 0.6) is 0 Å². The number of thioether (sulfide) groups is 1. The average Bonchev–Trinajstić information content (AvgIpc) is 3.09. The van der Waals surface area contributed by atoms with Gasteiger partial charge in [-0.3, -0.25) is 4.79 Å². The largest absolute Gasteiger partial charge is 0.416 e. The third kappa shape index (κ3) is 4.35. The Bertz CT molecular complexity index is 1010. The highest BCUT2D eigenvalue weighted by molar-refractivity contribution is 8.18. The summed E-state index contributed by atoms with van der Waals surface area (Å²) >= 11 is 1.20. The van der Waals surface area contributed by atoms with E-state index in [9.17, 15) is 22.4 Å². The van der Waals surface area contributed by atoms with Gasteiger partial charge in [0, 0.05) is 26.2 Å². The first-order valence-corrected chi connectivity index (χ1v) is 10.1. The van der Waals surface area contributed by atoms with Crippen molar-refractivity contribution in [1.29, 1.82) is 0 Å². The summed E-state index contributed by atoms with van der Waals surface area (Å²) in [6.45, 7) is 2.35. The van der Waals surface area contributed by atoms with Crippen LogP contribution in [0.3, 0.4) is 0 Å². The molecule has 0 spiro atoms. The number of nitrogens with zero attached hydrogens (tertiary/aromatic N) is 3. The highest BCUT2D eigenvalue weighted by Crippen LogP contribution is 2.33. The number of hydrogen-bond donors (Lipinski definition) is 0. The summed E-state index contributed by atoms with van der Waals surface area (Å²) in [4.78, 5) is 20.6. The number of carbonyl (C=O) groups excluding carboxylic acids is 1. The first-order valence-electron chi connectivity index (χ1n) is 9.25. The highest BCUT2D eigenvalue weighted by atomic mass is 32.2. The number of alkyl halides is 3. The average molecular weight is 435 g/mol. The Morgan fingerprint density at radius 3 is 2.20 bits per heavy atom. The van der Waals surface area contributed by atoms with Crippen molar-refractivity contribution in [3.05, 3.63) is 70.4 Å². The van der Waals surface area contributed by atoms with Crippen molar-refractivity contribution in [3.63, 3.8) is 0 Å². The van der Waals surface area contributed by atoms with Crippen molar-refractivity contribution in [2.45, 2.75) is 6.18 Å². The fraction of sp³-hybridized carbons (Fsp3) is 0.238. The molecule has 0 N–H and O–H groups in total. The van der Waals surface area contributed by atoms with Crippen LogP contribution in [0.4, 0.5) is 23.2 Å². The summed E-state index contributed by atoms with van der Waals surface area (Å²) in [5.74, 6) is -0.679. The predicted octanol–water partition coefficient (Wildman–Crippen LogP) is 4.64. The van der Waals surface area contributed by atoms with E-state index in [4.69, 9.17) is 0 Å². The van der Waals surface area contributed by atoms with Crippen LogP contribution < -0.4 is 4.90 Å². The van der Waals surface area contributed by atoms with E-state index in [2.05, 4.69) is 4.99 Å². The zero-order valence-corrected chi connectivity index (χ0v) is 16.5. The molecular weight excluding hydrogens is 418 g/mol. The monoisotopic (exact) mass is 435 g/mol. The minimum Gasteiger partial charge on any atom is -0.366 e. The lowest BCUT2D eigenvalue weighted by Crippen LogP contribution is -2.48. The SMILES string of the molecule is O=C1N=C(N2CCN(c3ccccc3F)CC2)SC1=Cc1ccc(C(F)(F)F)cc1. The maximum Gasteiger partial charge on any atom is 0.416 e. The van der Waals surface area contributed by atoms with Crippen LogP contribution >= 0.6 is 11.8 Å². The van der Waals surface area contributed by atoms with E-state index in [1.165, 1.54) is 30.0 Å². The summed E-state index contributed by atoms with van der Waals surface area (Å²) in [6, 6.07) is 11.2. The van der Waals surface area contributed by atoms with Crippen LogP contribution in [0.1, 0.15) is 11.1 Å². The summed E-state index contributed by atoms with van der Waals surface area (Å²) in [7, 11) is 0. The smallest absolute Gasteiger partial charge is 0.366 e. The molecule has 0 unspecified atom stereocenters. The summed E-state index contributed by atoms with van der Waals surface area (Å²) < 4.78 is 52.0. The van der Waals surface area contributed by atoms with Gasteiger partial charge in [-0.15, -0.1) is 0 Å². The van der Waals surface area contributed by atoms with E-state index >= 15 is 0 Å². The molecule has 30 heavy (non-hydrogen) atoms. The van der Waals surface area contributed by atoms with Crippen LogP contribution in [0.25, 0.3) is 6.08 Å². The molecule has 1 fully saturated rings. The molecule has 0 saturated carbocycles. The number of amides is 1. The minimum atomic E-state index is -4.40. The van der Waals surface area contributed by atoms with E-state index in [1.54, 1.807) is 24.3 Å². The van der Waals surface area contributed by atoms with Crippen LogP contribution in [0.2, 0.25) is 0 Å². The fourth-order valence-corrected chi connectivity index (χ4v) is 4.26. The summed E-state index contributed by atoms with van der Waals surface area (Å²) in [5.41, 5.74) is 0.316. The number of anilines is 1. The molecule has 2 aromatic rings. The summed E-state index contributed by atoms with van der Waals surface area (Å²) in [5, 5.41) is 0.561. The first-order chi connectivity index (χ1) is 14.3. The lowest BCUT2D eigenvalue weighted by atomic mass is 10.1. The standard InChI is InChI=1S/C21H17F4N3OS/c22-16-3-1-2-4-17(16)27-9-11-28(12-10-27)20-26-19(29)18(30-20)13-14-5-7-15(8-6-14)21(23,24)25/h1-8,13H,9-12H2. The Labute approximate surface area is 174 Å². The molecule has 2 aliphatic rings. The van der Waals surface area contributed by atoms with Crippen molar-refractivity contribution >= 4 is 34.6 Å². The number of carbonyl (C=O) groups is 1. The normalized spacial score (nSPS) is 18.9. The first kappa shape index (κ1) is 20.5. The molecule has 0 bridgehead atoms. The number of rotatable bonds is 2. The maximum atomic E-state index is 14.0. The zero-order valence-electron chi connectivity index (χ0n) is 15.7. The Morgan fingerprint density at radius 2 is 1.57 bits per heavy atom. The molecule has 2 aromatic carbocycles. The predicted molar refractivity (Wildman–Crippen MR) is 110 cm³/mol. The van der Waals surface area contributed by atoms with Gasteiger partial charge in [0.1, 0.15) is 5.82 Å². The molecule has 1 saturated heterocycles. The number of benzene rings is 2. The number of aliphatic imine (C=N–C) groups is 1. The van der Waals surface area contributed by atoms with Crippen LogP contribution in [-0.4, -0.2) is 42.2 Å². The Kier molecular flexibility index (Phi) is 5.55. The van der Waals surface area contributed by atoms with Crippen molar-refractivity contribution in [3.8, 4) is 0 Å². The molecule has 2 heterocycles. The lowest BCUT2D eigenvalue weighted by molar-refractivity contribution is -0.137. The molecule has 1 amide bonds. The molecule has 156 valence electrons. The van der Waals surface area contributed by atoms with Gasteiger partial charge in [-0.1, -0.05) is 24.3 Å². The van der Waals surface area contributed by atoms with Gasteiger partial charge >= 0.3 is 6.18 Å². The second-order valence-corrected chi connectivity index (χ2v) is 7.86. The van der Waals surface area contributed by atoms with E-state index in [-0.39, 0.29) is 5.82 Å². The lowest BCUT2D eigenvalue weighted by Gasteiger charge is -2.36. The quantitative estimate of drug-likeness (QED) is 0.509. The number of piperazine rings is 1. The molecule has 0 aromatic heterocycles. The topological polar surface area (TPSA) is 35.9 Å². The highest BCUT2D eigenvalue weighted by Gasteiger charge is 2.31. The molecule has 0 radical (unpaired) electrons. The van der Waals surface area contributed by atoms with Gasteiger partial charge in [0.2, 0.25) is 0 Å². The molecule has 0 aliphatic carbocycles. The maximum absolute atomic E-state index is 14.0. The minimum absolute atomic E-state index is 0.268. The van der Waals surface area contributed by atoms with Gasteiger partial charge in [-0.05, 0) is 47.7 Å². The van der Waals surface area contributed by atoms with Gasteiger partial charge in [0.05, 0.1) is 16.2 Å². The van der Waals surface area contributed by atoms with E-state index in [0.29, 0.717) is 47.5 Å². The van der Waals surface area contributed by atoms with Crippen molar-refractivity contribution in [1.82, 2.24) is 4.90 Å². The molecule has 9 heteroatoms. The van der Waals surface area contributed by atoms with E-state index in [0.717, 1.165) is 12.1 Å². The second-order valence-electron chi connectivity index (χ2n) is 6.86. The molecule has 4 nitrogen and oxygen atoms in total. The van der Waals surface area contributed by atoms with E-state index < -0.39 is 17.6 Å². The molecular formula is C21H17F4N3OS. The number of amidine groups is 1. The molecule has 4 rings (SSSR count). The Balaban J connectivity index is 1.40.